The topological polar surface area (TPSA) is 108 Å². The van der Waals surface area contributed by atoms with Gasteiger partial charge in [-0.05, 0) is 51.1 Å². The number of hydrogen-bond acceptors (Lipinski definition) is 8. The third-order valence-corrected chi connectivity index (χ3v) is 5.01. The van der Waals surface area contributed by atoms with Crippen LogP contribution in [0.2, 0.25) is 0 Å². The number of carboxylic acids is 1. The zero-order chi connectivity index (χ0) is 22.4. The van der Waals surface area contributed by atoms with Crippen LogP contribution in [0.3, 0.4) is 0 Å². The molecule has 9 heteroatoms. The molecule has 1 N–H and O–H groups in total. The van der Waals surface area contributed by atoms with Gasteiger partial charge in [-0.15, -0.1) is 11.3 Å². The molecule has 2 heterocycles. The second-order valence-electron chi connectivity index (χ2n) is 6.22. The molecule has 2 aromatic heterocycles. The van der Waals surface area contributed by atoms with E-state index in [-0.39, 0.29) is 23.6 Å². The maximum Gasteiger partial charge on any atom is 0.356 e. The lowest BCUT2D eigenvalue weighted by Gasteiger charge is -2.11. The molecule has 0 atom stereocenters. The third kappa shape index (κ3) is 5.18. The Hall–Kier alpha value is -3.46. The molecule has 0 unspecified atom stereocenters. The number of pyridine rings is 1. The van der Waals surface area contributed by atoms with Crippen molar-refractivity contribution in [3.63, 3.8) is 0 Å². The fourth-order valence-corrected chi connectivity index (χ4v) is 3.61. The van der Waals surface area contributed by atoms with Crippen LogP contribution in [0, 0.1) is 0 Å². The number of ether oxygens (including phenoxy) is 3. The van der Waals surface area contributed by atoms with Crippen molar-refractivity contribution >= 4 is 23.3 Å². The highest BCUT2D eigenvalue weighted by molar-refractivity contribution is 7.13. The fourth-order valence-electron chi connectivity index (χ4n) is 2.80. The van der Waals surface area contributed by atoms with E-state index in [4.69, 9.17) is 14.2 Å². The first kappa shape index (κ1) is 22.2. The van der Waals surface area contributed by atoms with Crippen LogP contribution >= 0.6 is 11.3 Å². The number of esters is 1. The fraction of sp³-hybridized carbons (Fsp3) is 0.273. The van der Waals surface area contributed by atoms with Crippen molar-refractivity contribution < 1.29 is 28.9 Å². The monoisotopic (exact) mass is 442 g/mol. The molecule has 0 aliphatic rings. The number of benzene rings is 1. The van der Waals surface area contributed by atoms with Crippen LogP contribution in [0.25, 0.3) is 22.0 Å². The minimum Gasteiger partial charge on any atom is -0.490 e. The lowest BCUT2D eigenvalue weighted by Crippen LogP contribution is -2.10. The third-order valence-electron chi connectivity index (χ3n) is 4.11. The van der Waals surface area contributed by atoms with Gasteiger partial charge in [0.05, 0.1) is 31.1 Å². The lowest BCUT2D eigenvalue weighted by atomic mass is 10.1. The van der Waals surface area contributed by atoms with Crippen molar-refractivity contribution in [2.24, 2.45) is 0 Å². The van der Waals surface area contributed by atoms with Crippen LogP contribution in [0.1, 0.15) is 41.6 Å². The summed E-state index contributed by atoms with van der Waals surface area (Å²) in [5, 5.41) is 11.9. The number of aromatic carboxylic acids is 1. The molecule has 162 valence electrons. The lowest BCUT2D eigenvalue weighted by molar-refractivity contribution is 0.0519. The number of rotatable bonds is 9. The first-order chi connectivity index (χ1) is 15.0. The van der Waals surface area contributed by atoms with Crippen molar-refractivity contribution in [3.05, 3.63) is 47.0 Å². The number of carbonyl (C=O) groups excluding carboxylic acids is 1. The largest absolute Gasteiger partial charge is 0.490 e. The minimum atomic E-state index is -1.17. The summed E-state index contributed by atoms with van der Waals surface area (Å²) in [5.74, 6) is -0.582. The molecule has 0 bridgehead atoms. The molecule has 3 rings (SSSR count). The summed E-state index contributed by atoms with van der Waals surface area (Å²) >= 11 is 1.37. The summed E-state index contributed by atoms with van der Waals surface area (Å²) < 4.78 is 16.2. The van der Waals surface area contributed by atoms with Crippen molar-refractivity contribution in [1.29, 1.82) is 0 Å². The van der Waals surface area contributed by atoms with Crippen LogP contribution in [-0.2, 0) is 4.74 Å². The van der Waals surface area contributed by atoms with Crippen molar-refractivity contribution in [2.45, 2.75) is 20.8 Å². The number of carbonyl (C=O) groups is 2. The van der Waals surface area contributed by atoms with Gasteiger partial charge in [0.1, 0.15) is 16.4 Å². The summed E-state index contributed by atoms with van der Waals surface area (Å²) in [5.41, 5.74) is 1.42. The Balaban J connectivity index is 1.99. The average Bonchev–Trinajstić information content (AvgIpc) is 3.25. The van der Waals surface area contributed by atoms with Crippen LogP contribution in [0.4, 0.5) is 0 Å². The van der Waals surface area contributed by atoms with Gasteiger partial charge >= 0.3 is 11.9 Å². The average molecular weight is 442 g/mol. The Bertz CT molecular complexity index is 1100. The molecule has 31 heavy (non-hydrogen) atoms. The Morgan fingerprint density at radius 2 is 1.68 bits per heavy atom. The normalized spacial score (nSPS) is 10.5. The van der Waals surface area contributed by atoms with Gasteiger partial charge in [-0.3, -0.25) is 0 Å². The SMILES string of the molecule is CCOC(=O)c1cc(C(=O)O)cc(-c2csc(-c3ccc(OCC)c(OCC)c3)n2)n1. The maximum atomic E-state index is 12.1. The highest BCUT2D eigenvalue weighted by Crippen LogP contribution is 2.35. The van der Waals surface area contributed by atoms with Crippen LogP contribution in [-0.4, -0.2) is 46.8 Å². The second kappa shape index (κ2) is 10.0. The Labute approximate surface area is 183 Å². The van der Waals surface area contributed by atoms with Crippen molar-refractivity contribution in [2.75, 3.05) is 19.8 Å². The molecular weight excluding hydrogens is 420 g/mol. The second-order valence-corrected chi connectivity index (χ2v) is 7.08. The zero-order valence-electron chi connectivity index (χ0n) is 17.4. The smallest absolute Gasteiger partial charge is 0.356 e. The van der Waals surface area contributed by atoms with E-state index in [2.05, 4.69) is 9.97 Å². The van der Waals surface area contributed by atoms with Gasteiger partial charge in [0, 0.05) is 10.9 Å². The van der Waals surface area contributed by atoms with E-state index < -0.39 is 11.9 Å². The predicted molar refractivity (Wildman–Crippen MR) is 116 cm³/mol. The highest BCUT2D eigenvalue weighted by atomic mass is 32.1. The van der Waals surface area contributed by atoms with Crippen LogP contribution in [0.5, 0.6) is 11.5 Å². The Kier molecular flexibility index (Phi) is 7.19. The summed E-state index contributed by atoms with van der Waals surface area (Å²) in [6.45, 7) is 6.64. The van der Waals surface area contributed by atoms with Crippen LogP contribution < -0.4 is 9.47 Å². The molecule has 3 aromatic rings. The van der Waals surface area contributed by atoms with E-state index in [1.807, 2.05) is 32.0 Å². The molecule has 0 aliphatic heterocycles. The maximum absolute atomic E-state index is 12.1. The molecule has 0 amide bonds. The molecule has 0 spiro atoms. The predicted octanol–water partition coefficient (Wildman–Crippen LogP) is 4.54. The quantitative estimate of drug-likeness (QED) is 0.481. The van der Waals surface area contributed by atoms with E-state index in [1.54, 1.807) is 12.3 Å². The van der Waals surface area contributed by atoms with E-state index in [9.17, 15) is 14.7 Å². The first-order valence-electron chi connectivity index (χ1n) is 9.75. The number of nitrogens with zero attached hydrogens (tertiary/aromatic N) is 2. The molecule has 0 aliphatic carbocycles. The number of carboxylic acid groups (broad SMARTS) is 1. The van der Waals surface area contributed by atoms with Crippen molar-refractivity contribution in [3.8, 4) is 33.5 Å². The summed E-state index contributed by atoms with van der Waals surface area (Å²) in [6.07, 6.45) is 0. The Morgan fingerprint density at radius 1 is 0.935 bits per heavy atom. The van der Waals surface area contributed by atoms with Gasteiger partial charge in [-0.2, -0.15) is 0 Å². The standard InChI is InChI=1S/C22H22N2O6S/c1-4-28-18-8-7-13(11-19(18)29-5-2)20-24-17(12-31-20)15-9-14(21(25)26)10-16(23-15)22(27)30-6-3/h7-12H,4-6H2,1-3H3,(H,25,26). The number of aromatic nitrogens is 2. The highest BCUT2D eigenvalue weighted by Gasteiger charge is 2.18. The molecule has 0 radical (unpaired) electrons. The molecular formula is C22H22N2O6S. The molecule has 0 saturated carbocycles. The van der Waals surface area contributed by atoms with E-state index in [0.717, 1.165) is 5.56 Å². The van der Waals surface area contributed by atoms with E-state index in [0.29, 0.717) is 35.4 Å². The summed E-state index contributed by atoms with van der Waals surface area (Å²) in [7, 11) is 0. The molecule has 0 fully saturated rings. The zero-order valence-corrected chi connectivity index (χ0v) is 18.2. The molecule has 8 nitrogen and oxygen atoms in total. The number of thiazole rings is 1. The number of hydrogen-bond donors (Lipinski definition) is 1. The van der Waals surface area contributed by atoms with E-state index >= 15 is 0 Å². The van der Waals surface area contributed by atoms with Crippen molar-refractivity contribution in [1.82, 2.24) is 9.97 Å². The summed E-state index contributed by atoms with van der Waals surface area (Å²) in [6, 6.07) is 8.13. The van der Waals surface area contributed by atoms with Gasteiger partial charge in [0.2, 0.25) is 0 Å². The van der Waals surface area contributed by atoms with Gasteiger partial charge in [-0.25, -0.2) is 19.6 Å². The van der Waals surface area contributed by atoms with E-state index in [1.165, 1.54) is 23.5 Å². The molecule has 1 aromatic carbocycles. The summed E-state index contributed by atoms with van der Waals surface area (Å²) in [4.78, 5) is 32.4. The minimum absolute atomic E-state index is 0.0673. The first-order valence-corrected chi connectivity index (χ1v) is 10.6. The van der Waals surface area contributed by atoms with Crippen LogP contribution in [0.15, 0.2) is 35.7 Å². The Morgan fingerprint density at radius 3 is 2.35 bits per heavy atom. The molecule has 0 saturated heterocycles. The van der Waals surface area contributed by atoms with Gasteiger partial charge in [-0.1, -0.05) is 0 Å². The van der Waals surface area contributed by atoms with Gasteiger partial charge < -0.3 is 19.3 Å². The van der Waals surface area contributed by atoms with Gasteiger partial charge in [0.25, 0.3) is 0 Å². The van der Waals surface area contributed by atoms with Gasteiger partial charge in [0.15, 0.2) is 11.5 Å².